The molecule has 0 saturated carbocycles. The van der Waals surface area contributed by atoms with Crippen LogP contribution in [0.5, 0.6) is 5.75 Å². The molecule has 7 heteroatoms. The fourth-order valence-electron chi connectivity index (χ4n) is 3.24. The summed E-state index contributed by atoms with van der Waals surface area (Å²) in [6.45, 7) is 4.57. The fraction of sp³-hybridized carbons (Fsp3) is 0.429. The largest absolute Gasteiger partial charge is 0.492 e. The molecule has 0 saturated heterocycles. The number of hydrogen-bond acceptors (Lipinski definition) is 5. The van der Waals surface area contributed by atoms with E-state index in [1.807, 2.05) is 25.1 Å². The zero-order valence-corrected chi connectivity index (χ0v) is 18.5. The summed E-state index contributed by atoms with van der Waals surface area (Å²) in [6.07, 6.45) is 3.80. The summed E-state index contributed by atoms with van der Waals surface area (Å²) in [4.78, 5) is 25.9. The number of rotatable bonds is 8. The van der Waals surface area contributed by atoms with Crippen LogP contribution >= 0.6 is 27.3 Å². The molecule has 1 heterocycles. The van der Waals surface area contributed by atoms with Crippen LogP contribution in [0.25, 0.3) is 0 Å². The van der Waals surface area contributed by atoms with Gasteiger partial charge in [-0.3, -0.25) is 4.79 Å². The van der Waals surface area contributed by atoms with Gasteiger partial charge in [-0.2, -0.15) is 0 Å². The Balaban J connectivity index is 1.54. The molecule has 5 nitrogen and oxygen atoms in total. The maximum Gasteiger partial charge on any atom is 0.341 e. The lowest BCUT2D eigenvalue weighted by Crippen LogP contribution is -2.15. The van der Waals surface area contributed by atoms with Gasteiger partial charge in [-0.25, -0.2) is 4.79 Å². The summed E-state index contributed by atoms with van der Waals surface area (Å²) in [5, 5.41) is 3.53. The summed E-state index contributed by atoms with van der Waals surface area (Å²) >= 11 is 4.98. The second kappa shape index (κ2) is 9.56. The van der Waals surface area contributed by atoms with E-state index >= 15 is 0 Å². The summed E-state index contributed by atoms with van der Waals surface area (Å²) < 4.78 is 11.8. The predicted octanol–water partition coefficient (Wildman–Crippen LogP) is 5.28. The van der Waals surface area contributed by atoms with Crippen LogP contribution in [0.3, 0.4) is 0 Å². The van der Waals surface area contributed by atoms with Crippen molar-refractivity contribution in [1.82, 2.24) is 0 Å². The number of anilines is 1. The van der Waals surface area contributed by atoms with E-state index in [0.717, 1.165) is 40.6 Å². The molecule has 1 N–H and O–H groups in total. The zero-order chi connectivity index (χ0) is 20.1. The van der Waals surface area contributed by atoms with Gasteiger partial charge < -0.3 is 14.8 Å². The van der Waals surface area contributed by atoms with Crippen LogP contribution in [0, 0.1) is 6.92 Å². The summed E-state index contributed by atoms with van der Waals surface area (Å²) in [5.74, 6) is 0.312. The Morgan fingerprint density at radius 1 is 1.29 bits per heavy atom. The van der Waals surface area contributed by atoms with E-state index in [9.17, 15) is 9.59 Å². The predicted molar refractivity (Wildman–Crippen MR) is 115 cm³/mol. The molecule has 0 unspecified atom stereocenters. The second-order valence-electron chi connectivity index (χ2n) is 6.72. The number of halogens is 1. The Kier molecular flexibility index (Phi) is 7.13. The number of carbonyl (C=O) groups excluding carboxylic acids is 2. The van der Waals surface area contributed by atoms with Crippen molar-refractivity contribution < 1.29 is 19.1 Å². The van der Waals surface area contributed by atoms with Gasteiger partial charge in [-0.05, 0) is 78.7 Å². The Labute approximate surface area is 177 Å². The van der Waals surface area contributed by atoms with Gasteiger partial charge in [-0.1, -0.05) is 6.07 Å². The number of ether oxygens (including phenoxy) is 2. The minimum Gasteiger partial charge on any atom is -0.492 e. The Morgan fingerprint density at radius 3 is 2.86 bits per heavy atom. The van der Waals surface area contributed by atoms with Crippen molar-refractivity contribution in [1.29, 1.82) is 0 Å². The van der Waals surface area contributed by atoms with Crippen LogP contribution in [0.15, 0.2) is 22.7 Å². The lowest BCUT2D eigenvalue weighted by molar-refractivity contribution is -0.116. The van der Waals surface area contributed by atoms with Gasteiger partial charge in [-0.15, -0.1) is 11.3 Å². The monoisotopic (exact) mass is 465 g/mol. The Bertz CT molecular complexity index is 878. The van der Waals surface area contributed by atoms with E-state index in [-0.39, 0.29) is 11.9 Å². The molecule has 1 aromatic heterocycles. The molecule has 150 valence electrons. The first kappa shape index (κ1) is 20.9. The van der Waals surface area contributed by atoms with Crippen LogP contribution in [0.4, 0.5) is 5.00 Å². The van der Waals surface area contributed by atoms with Crippen molar-refractivity contribution in [2.45, 2.75) is 46.0 Å². The Hall–Kier alpha value is -1.86. The third-order valence-corrected chi connectivity index (χ3v) is 6.37. The van der Waals surface area contributed by atoms with Crippen molar-refractivity contribution in [2.75, 3.05) is 18.5 Å². The van der Waals surface area contributed by atoms with E-state index in [1.54, 1.807) is 6.92 Å². The van der Waals surface area contributed by atoms with Crippen LogP contribution in [0.1, 0.15) is 52.5 Å². The first-order valence-corrected chi connectivity index (χ1v) is 11.1. The fourth-order valence-corrected chi connectivity index (χ4v) is 5.14. The number of fused-ring (bicyclic) bond motifs is 1. The number of thiophene rings is 1. The first-order valence-electron chi connectivity index (χ1n) is 9.50. The third-order valence-electron chi connectivity index (χ3n) is 4.55. The molecular weight excluding hydrogens is 442 g/mol. The molecule has 1 aliphatic carbocycles. The van der Waals surface area contributed by atoms with Gasteiger partial charge in [0.15, 0.2) is 0 Å². The number of esters is 1. The van der Waals surface area contributed by atoms with Crippen molar-refractivity contribution in [3.63, 3.8) is 0 Å². The Morgan fingerprint density at radius 2 is 2.11 bits per heavy atom. The quantitative estimate of drug-likeness (QED) is 0.425. The average molecular weight is 466 g/mol. The van der Waals surface area contributed by atoms with Gasteiger partial charge in [0, 0.05) is 11.3 Å². The van der Waals surface area contributed by atoms with E-state index < -0.39 is 0 Å². The number of nitrogens with one attached hydrogen (secondary N) is 1. The number of aryl methyl sites for hydroxylation is 2. The SMILES string of the molecule is CCOC(=O)c1c(NC(=O)CCCOc2ccc(C)cc2Br)sc2c1CCC2. The molecular formula is C21H24BrNO4S. The summed E-state index contributed by atoms with van der Waals surface area (Å²) in [6, 6.07) is 5.90. The highest BCUT2D eigenvalue weighted by molar-refractivity contribution is 9.10. The number of benzene rings is 1. The van der Waals surface area contributed by atoms with Crippen LogP contribution in [-0.4, -0.2) is 25.1 Å². The molecule has 0 aliphatic heterocycles. The zero-order valence-electron chi connectivity index (χ0n) is 16.1. The molecule has 1 aromatic carbocycles. The minimum absolute atomic E-state index is 0.114. The smallest absolute Gasteiger partial charge is 0.341 e. The summed E-state index contributed by atoms with van der Waals surface area (Å²) in [5.41, 5.74) is 2.75. The maximum atomic E-state index is 12.4. The molecule has 0 bridgehead atoms. The molecule has 0 radical (unpaired) electrons. The van der Waals surface area contributed by atoms with Crippen LogP contribution < -0.4 is 10.1 Å². The lowest BCUT2D eigenvalue weighted by Gasteiger charge is -2.10. The minimum atomic E-state index is -0.343. The van der Waals surface area contributed by atoms with Crippen molar-refractivity contribution in [3.05, 3.63) is 44.2 Å². The average Bonchev–Trinajstić information content (AvgIpc) is 3.21. The molecule has 0 atom stereocenters. The topological polar surface area (TPSA) is 64.6 Å². The van der Waals surface area contributed by atoms with E-state index in [0.29, 0.717) is 36.6 Å². The molecule has 0 spiro atoms. The third kappa shape index (κ3) is 4.94. The molecule has 1 amide bonds. The number of hydrogen-bond donors (Lipinski definition) is 1. The van der Waals surface area contributed by atoms with Gasteiger partial charge in [0.05, 0.1) is 23.2 Å². The highest BCUT2D eigenvalue weighted by Crippen LogP contribution is 2.39. The van der Waals surface area contributed by atoms with E-state index in [4.69, 9.17) is 9.47 Å². The van der Waals surface area contributed by atoms with Crippen molar-refractivity contribution >= 4 is 44.1 Å². The normalized spacial score (nSPS) is 12.5. The van der Waals surface area contributed by atoms with Gasteiger partial charge in [0.1, 0.15) is 10.8 Å². The molecule has 3 rings (SSSR count). The highest BCUT2D eigenvalue weighted by Gasteiger charge is 2.28. The van der Waals surface area contributed by atoms with Crippen molar-refractivity contribution in [2.24, 2.45) is 0 Å². The van der Waals surface area contributed by atoms with Gasteiger partial charge in [0.2, 0.25) is 5.91 Å². The van der Waals surface area contributed by atoms with Crippen LogP contribution in [-0.2, 0) is 22.4 Å². The second-order valence-corrected chi connectivity index (χ2v) is 8.68. The standard InChI is InChI=1S/C21H24BrNO4S/c1-3-26-21(25)19-14-6-4-7-17(14)28-20(19)23-18(24)8-5-11-27-16-10-9-13(2)12-15(16)22/h9-10,12H,3-8,11H2,1-2H3,(H,23,24). The van der Waals surface area contributed by atoms with Crippen LogP contribution in [0.2, 0.25) is 0 Å². The maximum absolute atomic E-state index is 12.4. The molecule has 1 aliphatic rings. The number of amides is 1. The lowest BCUT2D eigenvalue weighted by atomic mass is 10.1. The molecule has 0 fully saturated rings. The number of carbonyl (C=O) groups is 2. The molecule has 2 aromatic rings. The molecule has 28 heavy (non-hydrogen) atoms. The van der Waals surface area contributed by atoms with E-state index in [1.165, 1.54) is 16.2 Å². The summed E-state index contributed by atoms with van der Waals surface area (Å²) in [7, 11) is 0. The van der Waals surface area contributed by atoms with Crippen molar-refractivity contribution in [3.8, 4) is 5.75 Å². The van der Waals surface area contributed by atoms with Gasteiger partial charge >= 0.3 is 5.97 Å². The highest BCUT2D eigenvalue weighted by atomic mass is 79.9. The van der Waals surface area contributed by atoms with Gasteiger partial charge in [0.25, 0.3) is 0 Å². The van der Waals surface area contributed by atoms with E-state index in [2.05, 4.69) is 21.2 Å². The first-order chi connectivity index (χ1) is 13.5.